The van der Waals surface area contributed by atoms with E-state index in [4.69, 9.17) is 4.74 Å². The predicted molar refractivity (Wildman–Crippen MR) is 90.7 cm³/mol. The van der Waals surface area contributed by atoms with Gasteiger partial charge in [0.25, 0.3) is 5.91 Å². The van der Waals surface area contributed by atoms with Gasteiger partial charge in [0.2, 0.25) is 0 Å². The van der Waals surface area contributed by atoms with Crippen LogP contribution in [0.3, 0.4) is 0 Å². The number of carbonyl (C=O) groups is 1. The maximum absolute atomic E-state index is 12.1. The van der Waals surface area contributed by atoms with E-state index in [0.717, 1.165) is 37.0 Å². The summed E-state index contributed by atoms with van der Waals surface area (Å²) in [6, 6.07) is 9.76. The van der Waals surface area contributed by atoms with Gasteiger partial charge in [-0.2, -0.15) is 5.26 Å². The SMILES string of the molecule is COc1ccccc1/C=C/C=C(\C#N)C(=O)NC1CCCCC1. The molecule has 2 rings (SSSR count). The van der Waals surface area contributed by atoms with Crippen LogP contribution in [0.4, 0.5) is 0 Å². The van der Waals surface area contributed by atoms with Crippen LogP contribution in [0.5, 0.6) is 5.75 Å². The van der Waals surface area contributed by atoms with Gasteiger partial charge in [-0.05, 0) is 25.0 Å². The van der Waals surface area contributed by atoms with E-state index in [9.17, 15) is 10.1 Å². The molecule has 4 heteroatoms. The number of benzene rings is 1. The van der Waals surface area contributed by atoms with Gasteiger partial charge >= 0.3 is 0 Å². The molecule has 0 atom stereocenters. The summed E-state index contributed by atoms with van der Waals surface area (Å²) in [6.07, 6.45) is 10.6. The Bertz CT molecular complexity index is 635. The van der Waals surface area contributed by atoms with Crippen molar-refractivity contribution in [3.8, 4) is 11.8 Å². The Labute approximate surface area is 137 Å². The molecule has 1 saturated carbocycles. The first kappa shape index (κ1) is 16.8. The Morgan fingerprint density at radius 3 is 2.74 bits per heavy atom. The lowest BCUT2D eigenvalue weighted by Gasteiger charge is -2.22. The molecule has 0 spiro atoms. The van der Waals surface area contributed by atoms with Crippen molar-refractivity contribution < 1.29 is 9.53 Å². The number of carbonyl (C=O) groups excluding carboxylic acids is 1. The van der Waals surface area contributed by atoms with Gasteiger partial charge in [0.05, 0.1) is 7.11 Å². The summed E-state index contributed by atoms with van der Waals surface area (Å²) in [5.74, 6) is 0.464. The van der Waals surface area contributed by atoms with E-state index in [-0.39, 0.29) is 17.5 Å². The van der Waals surface area contributed by atoms with Crippen molar-refractivity contribution >= 4 is 12.0 Å². The topological polar surface area (TPSA) is 62.1 Å². The van der Waals surface area contributed by atoms with Crippen LogP contribution in [0.25, 0.3) is 6.08 Å². The van der Waals surface area contributed by atoms with Crippen molar-refractivity contribution in [3.05, 3.63) is 47.6 Å². The molecule has 0 radical (unpaired) electrons. The second-order valence-electron chi connectivity index (χ2n) is 5.60. The number of allylic oxidation sites excluding steroid dienone is 2. The highest BCUT2D eigenvalue weighted by Gasteiger charge is 2.17. The lowest BCUT2D eigenvalue weighted by molar-refractivity contribution is -0.118. The van der Waals surface area contributed by atoms with Gasteiger partial charge in [0, 0.05) is 11.6 Å². The molecule has 0 unspecified atom stereocenters. The number of rotatable bonds is 5. The summed E-state index contributed by atoms with van der Waals surface area (Å²) in [4.78, 5) is 12.1. The highest BCUT2D eigenvalue weighted by Crippen LogP contribution is 2.19. The molecule has 0 heterocycles. The fourth-order valence-corrected chi connectivity index (χ4v) is 2.73. The Balaban J connectivity index is 2.01. The van der Waals surface area contributed by atoms with E-state index in [1.165, 1.54) is 6.42 Å². The van der Waals surface area contributed by atoms with Crippen LogP contribution in [-0.2, 0) is 4.79 Å². The minimum atomic E-state index is -0.288. The number of hydrogen-bond acceptors (Lipinski definition) is 3. The fourth-order valence-electron chi connectivity index (χ4n) is 2.73. The van der Waals surface area contributed by atoms with Gasteiger partial charge in [-0.15, -0.1) is 0 Å². The average molecular weight is 310 g/mol. The van der Waals surface area contributed by atoms with Gasteiger partial charge in [0.1, 0.15) is 17.4 Å². The molecular weight excluding hydrogens is 288 g/mol. The average Bonchev–Trinajstić information content (AvgIpc) is 2.60. The summed E-state index contributed by atoms with van der Waals surface area (Å²) < 4.78 is 5.26. The molecule has 1 amide bonds. The quantitative estimate of drug-likeness (QED) is 0.513. The predicted octanol–water partition coefficient (Wildman–Crippen LogP) is 3.61. The van der Waals surface area contributed by atoms with Crippen molar-refractivity contribution in [1.82, 2.24) is 5.32 Å². The number of nitriles is 1. The molecule has 1 aromatic carbocycles. The zero-order valence-corrected chi connectivity index (χ0v) is 13.4. The van der Waals surface area contributed by atoms with E-state index in [1.54, 1.807) is 19.3 Å². The second kappa shape index (κ2) is 8.79. The van der Waals surface area contributed by atoms with Crippen LogP contribution in [0.1, 0.15) is 37.7 Å². The van der Waals surface area contributed by atoms with Crippen molar-refractivity contribution in [2.24, 2.45) is 0 Å². The number of nitrogens with zero attached hydrogens (tertiary/aromatic N) is 1. The zero-order chi connectivity index (χ0) is 16.5. The molecule has 1 aliphatic rings. The van der Waals surface area contributed by atoms with E-state index < -0.39 is 0 Å². The third-order valence-corrected chi connectivity index (χ3v) is 3.98. The van der Waals surface area contributed by atoms with Crippen LogP contribution in [0.2, 0.25) is 0 Å². The molecule has 120 valence electrons. The van der Waals surface area contributed by atoms with E-state index in [1.807, 2.05) is 36.4 Å². The van der Waals surface area contributed by atoms with Crippen LogP contribution in [-0.4, -0.2) is 19.1 Å². The number of para-hydroxylation sites is 1. The van der Waals surface area contributed by atoms with Crippen molar-refractivity contribution in [2.45, 2.75) is 38.1 Å². The van der Waals surface area contributed by atoms with Gasteiger partial charge in [0.15, 0.2) is 0 Å². The van der Waals surface area contributed by atoms with Crippen LogP contribution in [0.15, 0.2) is 42.0 Å². The van der Waals surface area contributed by atoms with Gasteiger partial charge < -0.3 is 10.1 Å². The molecular formula is C19H22N2O2. The molecule has 0 bridgehead atoms. The monoisotopic (exact) mass is 310 g/mol. The molecule has 1 aromatic rings. The second-order valence-corrected chi connectivity index (χ2v) is 5.60. The first-order valence-electron chi connectivity index (χ1n) is 7.97. The lowest BCUT2D eigenvalue weighted by Crippen LogP contribution is -2.36. The Morgan fingerprint density at radius 1 is 1.30 bits per heavy atom. The number of ether oxygens (including phenoxy) is 1. The van der Waals surface area contributed by atoms with Gasteiger partial charge in [-0.1, -0.05) is 49.6 Å². The fraction of sp³-hybridized carbons (Fsp3) is 0.368. The molecule has 0 aliphatic heterocycles. The molecule has 4 nitrogen and oxygen atoms in total. The first-order chi connectivity index (χ1) is 11.2. The van der Waals surface area contributed by atoms with E-state index in [0.29, 0.717) is 0 Å². The third kappa shape index (κ3) is 5.00. The van der Waals surface area contributed by atoms with Gasteiger partial charge in [-0.25, -0.2) is 0 Å². The summed E-state index contributed by atoms with van der Waals surface area (Å²) in [5, 5.41) is 12.1. The zero-order valence-electron chi connectivity index (χ0n) is 13.4. The van der Waals surface area contributed by atoms with Crippen LogP contribution < -0.4 is 10.1 Å². The Kier molecular flexibility index (Phi) is 6.43. The number of methoxy groups -OCH3 is 1. The molecule has 0 aromatic heterocycles. The van der Waals surface area contributed by atoms with E-state index >= 15 is 0 Å². The maximum atomic E-state index is 12.1. The highest BCUT2D eigenvalue weighted by atomic mass is 16.5. The Hall–Kier alpha value is -2.54. The minimum absolute atomic E-state index is 0.127. The summed E-state index contributed by atoms with van der Waals surface area (Å²) >= 11 is 0. The van der Waals surface area contributed by atoms with Crippen LogP contribution in [0, 0.1) is 11.3 Å². The van der Waals surface area contributed by atoms with Crippen molar-refractivity contribution in [2.75, 3.05) is 7.11 Å². The summed E-state index contributed by atoms with van der Waals surface area (Å²) in [7, 11) is 1.61. The molecule has 0 saturated heterocycles. The lowest BCUT2D eigenvalue weighted by atomic mass is 9.95. The van der Waals surface area contributed by atoms with Crippen molar-refractivity contribution in [1.29, 1.82) is 5.26 Å². The first-order valence-corrected chi connectivity index (χ1v) is 7.97. The molecule has 1 fully saturated rings. The standard InChI is InChI=1S/C19H22N2O2/c1-23-18-13-6-5-8-15(18)9-7-10-16(14-20)19(22)21-17-11-3-2-4-12-17/h5-10,13,17H,2-4,11-12H2,1H3,(H,21,22)/b9-7+,16-10+. The smallest absolute Gasteiger partial charge is 0.262 e. The normalized spacial score (nSPS) is 16.1. The third-order valence-electron chi connectivity index (χ3n) is 3.98. The Morgan fingerprint density at radius 2 is 2.04 bits per heavy atom. The van der Waals surface area contributed by atoms with Crippen molar-refractivity contribution in [3.63, 3.8) is 0 Å². The molecule has 1 N–H and O–H groups in total. The summed E-state index contributed by atoms with van der Waals surface area (Å²) in [5.41, 5.74) is 1.03. The summed E-state index contributed by atoms with van der Waals surface area (Å²) in [6.45, 7) is 0. The van der Waals surface area contributed by atoms with Gasteiger partial charge in [-0.3, -0.25) is 4.79 Å². The number of amides is 1. The number of hydrogen-bond donors (Lipinski definition) is 1. The largest absolute Gasteiger partial charge is 0.496 e. The molecule has 1 aliphatic carbocycles. The number of nitrogens with one attached hydrogen (secondary N) is 1. The van der Waals surface area contributed by atoms with Crippen LogP contribution >= 0.6 is 0 Å². The highest BCUT2D eigenvalue weighted by molar-refractivity contribution is 5.97. The minimum Gasteiger partial charge on any atom is -0.496 e. The molecule has 23 heavy (non-hydrogen) atoms. The maximum Gasteiger partial charge on any atom is 0.262 e. The van der Waals surface area contributed by atoms with E-state index in [2.05, 4.69) is 5.32 Å².